The summed E-state index contributed by atoms with van der Waals surface area (Å²) in [7, 11) is -1.53. The Kier molecular flexibility index (Phi) is 3.62. The van der Waals surface area contributed by atoms with Crippen LogP contribution in [0, 0.1) is 0 Å². The van der Waals surface area contributed by atoms with E-state index in [-0.39, 0.29) is 5.75 Å². The van der Waals surface area contributed by atoms with Crippen molar-refractivity contribution < 1.29 is 8.42 Å². The minimum Gasteiger partial charge on any atom is -0.311 e. The molecule has 0 spiro atoms. The van der Waals surface area contributed by atoms with Crippen LogP contribution in [0.15, 0.2) is 12.4 Å². The Hall–Kier alpha value is -0.920. The van der Waals surface area contributed by atoms with Gasteiger partial charge in [-0.2, -0.15) is 5.10 Å². The van der Waals surface area contributed by atoms with Crippen molar-refractivity contribution in [1.82, 2.24) is 15.1 Å². The van der Waals surface area contributed by atoms with Gasteiger partial charge in [-0.25, -0.2) is 13.6 Å². The molecule has 0 unspecified atom stereocenters. The Morgan fingerprint density at radius 3 is 2.86 bits per heavy atom. The van der Waals surface area contributed by atoms with Crippen molar-refractivity contribution in [2.45, 2.75) is 6.54 Å². The lowest BCUT2D eigenvalue weighted by Gasteiger charge is -2.00. The summed E-state index contributed by atoms with van der Waals surface area (Å²) in [5.74, 6) is -0.0484. The van der Waals surface area contributed by atoms with Crippen LogP contribution < -0.4 is 10.5 Å². The highest BCUT2D eigenvalue weighted by molar-refractivity contribution is 7.89. The predicted molar refractivity (Wildman–Crippen MR) is 52.9 cm³/mol. The molecular weight excluding hydrogens is 204 g/mol. The number of rotatable bonds is 5. The zero-order valence-corrected chi connectivity index (χ0v) is 8.79. The Labute approximate surface area is 83.1 Å². The first-order valence-corrected chi connectivity index (χ1v) is 5.87. The average Bonchev–Trinajstić information content (AvgIpc) is 2.44. The van der Waals surface area contributed by atoms with Crippen molar-refractivity contribution in [3.05, 3.63) is 18.0 Å². The van der Waals surface area contributed by atoms with Gasteiger partial charge in [-0.1, -0.05) is 0 Å². The van der Waals surface area contributed by atoms with Crippen molar-refractivity contribution in [1.29, 1.82) is 0 Å². The minimum atomic E-state index is -3.36. The molecule has 1 aromatic heterocycles. The van der Waals surface area contributed by atoms with E-state index in [1.165, 1.54) is 0 Å². The molecular formula is C7H14N4O2S. The highest BCUT2D eigenvalue weighted by atomic mass is 32.2. The van der Waals surface area contributed by atoms with Crippen LogP contribution in [0.3, 0.4) is 0 Å². The van der Waals surface area contributed by atoms with E-state index in [1.807, 2.05) is 13.2 Å². The average molecular weight is 218 g/mol. The third-order valence-corrected chi connectivity index (χ3v) is 2.42. The van der Waals surface area contributed by atoms with E-state index in [2.05, 4.69) is 10.4 Å². The Morgan fingerprint density at radius 2 is 2.36 bits per heavy atom. The summed E-state index contributed by atoms with van der Waals surface area (Å²) in [5, 5.41) is 11.8. The number of aryl methyl sites for hydroxylation is 1. The molecule has 0 fully saturated rings. The third kappa shape index (κ3) is 4.35. The number of hydrogen-bond acceptors (Lipinski definition) is 4. The molecule has 0 aliphatic carbocycles. The van der Waals surface area contributed by atoms with Gasteiger partial charge in [0.05, 0.1) is 11.9 Å². The second-order valence-corrected chi connectivity index (χ2v) is 4.80. The molecule has 0 saturated heterocycles. The van der Waals surface area contributed by atoms with Crippen molar-refractivity contribution in [3.63, 3.8) is 0 Å². The first-order valence-electron chi connectivity index (χ1n) is 4.16. The Bertz CT molecular complexity index is 384. The number of nitrogens with two attached hydrogens (primary N) is 1. The van der Waals surface area contributed by atoms with Crippen molar-refractivity contribution in [3.8, 4) is 0 Å². The summed E-state index contributed by atoms with van der Waals surface area (Å²) in [6, 6.07) is 0. The van der Waals surface area contributed by atoms with Crippen LogP contribution in [-0.4, -0.2) is 30.5 Å². The second kappa shape index (κ2) is 4.54. The maximum Gasteiger partial charge on any atom is 0.210 e. The minimum absolute atomic E-state index is 0.0484. The topological polar surface area (TPSA) is 90.0 Å². The molecule has 0 aliphatic rings. The molecule has 7 heteroatoms. The van der Waals surface area contributed by atoms with Gasteiger partial charge < -0.3 is 5.32 Å². The summed E-state index contributed by atoms with van der Waals surface area (Å²) in [5.41, 5.74) is 1.02. The molecule has 1 rings (SSSR count). The first kappa shape index (κ1) is 11.2. The smallest absolute Gasteiger partial charge is 0.210 e. The summed E-state index contributed by atoms with van der Waals surface area (Å²) in [6.07, 6.45) is 3.59. The van der Waals surface area contributed by atoms with Crippen molar-refractivity contribution in [2.75, 3.05) is 12.3 Å². The molecule has 0 saturated carbocycles. The fourth-order valence-electron chi connectivity index (χ4n) is 1.01. The molecule has 80 valence electrons. The normalized spacial score (nSPS) is 11.9. The molecule has 0 radical (unpaired) electrons. The largest absolute Gasteiger partial charge is 0.311 e. The van der Waals surface area contributed by atoms with Gasteiger partial charge in [-0.3, -0.25) is 4.68 Å². The van der Waals surface area contributed by atoms with Gasteiger partial charge in [-0.15, -0.1) is 0 Å². The van der Waals surface area contributed by atoms with E-state index < -0.39 is 10.0 Å². The van der Waals surface area contributed by atoms with Gasteiger partial charge in [0, 0.05) is 31.9 Å². The standard InChI is InChI=1S/C7H14N4O2S/c1-11-6-7(5-10-11)4-9-2-3-14(8,12)13/h5-6,9H,2-4H2,1H3,(H2,8,12,13). The van der Waals surface area contributed by atoms with Crippen LogP contribution in [0.25, 0.3) is 0 Å². The molecule has 0 atom stereocenters. The lowest BCUT2D eigenvalue weighted by atomic mass is 10.3. The van der Waals surface area contributed by atoms with Crippen LogP contribution in [0.1, 0.15) is 5.56 Å². The molecule has 1 heterocycles. The van der Waals surface area contributed by atoms with Crippen LogP contribution in [0.2, 0.25) is 0 Å². The first-order chi connectivity index (χ1) is 6.47. The van der Waals surface area contributed by atoms with E-state index in [0.29, 0.717) is 13.1 Å². The molecule has 0 bridgehead atoms. The van der Waals surface area contributed by atoms with E-state index in [1.54, 1.807) is 10.9 Å². The van der Waals surface area contributed by atoms with Gasteiger partial charge in [0.2, 0.25) is 10.0 Å². The number of nitrogens with one attached hydrogen (secondary N) is 1. The number of sulfonamides is 1. The zero-order chi connectivity index (χ0) is 10.6. The molecule has 0 amide bonds. The van der Waals surface area contributed by atoms with E-state index in [4.69, 9.17) is 5.14 Å². The van der Waals surface area contributed by atoms with Crippen LogP contribution in [0.4, 0.5) is 0 Å². The molecule has 14 heavy (non-hydrogen) atoms. The number of primary sulfonamides is 1. The van der Waals surface area contributed by atoms with E-state index in [9.17, 15) is 8.42 Å². The summed E-state index contributed by atoms with van der Waals surface area (Å²) < 4.78 is 22.8. The summed E-state index contributed by atoms with van der Waals surface area (Å²) >= 11 is 0. The van der Waals surface area contributed by atoms with Gasteiger partial charge in [0.15, 0.2) is 0 Å². The van der Waals surface area contributed by atoms with Gasteiger partial charge in [-0.05, 0) is 0 Å². The Balaban J connectivity index is 2.23. The van der Waals surface area contributed by atoms with Crippen LogP contribution >= 0.6 is 0 Å². The van der Waals surface area contributed by atoms with E-state index >= 15 is 0 Å². The van der Waals surface area contributed by atoms with Crippen molar-refractivity contribution in [2.24, 2.45) is 12.2 Å². The van der Waals surface area contributed by atoms with Crippen LogP contribution in [0.5, 0.6) is 0 Å². The molecule has 0 aliphatic heterocycles. The van der Waals surface area contributed by atoms with E-state index in [0.717, 1.165) is 5.56 Å². The lowest BCUT2D eigenvalue weighted by Crippen LogP contribution is -2.26. The van der Waals surface area contributed by atoms with Crippen molar-refractivity contribution >= 4 is 10.0 Å². The Morgan fingerprint density at radius 1 is 1.64 bits per heavy atom. The highest BCUT2D eigenvalue weighted by Gasteiger charge is 2.01. The van der Waals surface area contributed by atoms with Gasteiger partial charge in [0.25, 0.3) is 0 Å². The molecule has 3 N–H and O–H groups in total. The fourth-order valence-corrected chi connectivity index (χ4v) is 1.44. The molecule has 6 nitrogen and oxygen atoms in total. The zero-order valence-electron chi connectivity index (χ0n) is 7.97. The van der Waals surface area contributed by atoms with Gasteiger partial charge in [0.1, 0.15) is 0 Å². The maximum atomic E-state index is 10.6. The number of nitrogens with zero attached hydrogens (tertiary/aromatic N) is 2. The molecule has 0 aromatic carbocycles. The summed E-state index contributed by atoms with van der Waals surface area (Å²) in [6.45, 7) is 0.955. The maximum absolute atomic E-state index is 10.6. The third-order valence-electron chi connectivity index (χ3n) is 1.65. The number of aromatic nitrogens is 2. The monoisotopic (exact) mass is 218 g/mol. The highest BCUT2D eigenvalue weighted by Crippen LogP contribution is 1.94. The summed E-state index contributed by atoms with van der Waals surface area (Å²) in [4.78, 5) is 0. The second-order valence-electron chi connectivity index (χ2n) is 3.07. The van der Waals surface area contributed by atoms with Crippen LogP contribution in [-0.2, 0) is 23.6 Å². The van der Waals surface area contributed by atoms with Gasteiger partial charge >= 0.3 is 0 Å². The quantitative estimate of drug-likeness (QED) is 0.607. The SMILES string of the molecule is Cn1cc(CNCCS(N)(=O)=O)cn1. The fraction of sp³-hybridized carbons (Fsp3) is 0.571. The number of hydrogen-bond donors (Lipinski definition) is 2. The molecule has 1 aromatic rings. The lowest BCUT2D eigenvalue weighted by molar-refractivity contribution is 0.592. The predicted octanol–water partition coefficient (Wildman–Crippen LogP) is -1.20.